The third kappa shape index (κ3) is 4.51. The van der Waals surface area contributed by atoms with Crippen molar-refractivity contribution < 1.29 is 38.4 Å². The largest absolute Gasteiger partial charge is 0.458 e. The van der Waals surface area contributed by atoms with Gasteiger partial charge in [-0.05, 0) is 50.1 Å². The van der Waals surface area contributed by atoms with E-state index in [0.717, 1.165) is 43.7 Å². The Bertz CT molecular complexity index is 1040. The van der Waals surface area contributed by atoms with Gasteiger partial charge in [0.15, 0.2) is 6.61 Å². The molecule has 39 heavy (non-hydrogen) atoms. The Labute approximate surface area is 230 Å². The van der Waals surface area contributed by atoms with E-state index in [2.05, 4.69) is 32.7 Å². The number of rotatable bonds is 7. The molecule has 0 radical (unpaired) electrons. The zero-order chi connectivity index (χ0) is 28.2. The first-order chi connectivity index (χ1) is 18.5. The van der Waals surface area contributed by atoms with Gasteiger partial charge in [0.1, 0.15) is 18.3 Å². The monoisotopic (exact) mass is 548 g/mol. The van der Waals surface area contributed by atoms with Gasteiger partial charge in [0, 0.05) is 49.0 Å². The second-order valence-electron chi connectivity index (χ2n) is 13.0. The lowest BCUT2D eigenvalue weighted by Crippen LogP contribution is -2.67. The smallest absolute Gasteiger partial charge is 0.344 e. The first-order valence-corrected chi connectivity index (χ1v) is 14.4. The summed E-state index contributed by atoms with van der Waals surface area (Å²) >= 11 is 0. The van der Waals surface area contributed by atoms with Crippen LogP contribution in [-0.2, 0) is 33.3 Å². The molecule has 1 saturated carbocycles. The third-order valence-corrected chi connectivity index (χ3v) is 10.9. The van der Waals surface area contributed by atoms with Crippen LogP contribution in [0.4, 0.5) is 0 Å². The van der Waals surface area contributed by atoms with E-state index >= 15 is 0 Å². The lowest BCUT2D eigenvalue weighted by Gasteiger charge is -2.62. The summed E-state index contributed by atoms with van der Waals surface area (Å²) in [6.45, 7) is 11.9. The Morgan fingerprint density at radius 2 is 1.87 bits per heavy atom. The number of carbonyl (C=O) groups is 3. The second-order valence-corrected chi connectivity index (χ2v) is 13.0. The summed E-state index contributed by atoms with van der Waals surface area (Å²) in [5.74, 6) is -1.23. The molecule has 6 unspecified atom stereocenters. The van der Waals surface area contributed by atoms with Crippen molar-refractivity contribution in [3.63, 3.8) is 0 Å². The number of hydrogen-bond donors (Lipinski definition) is 1. The lowest BCUT2D eigenvalue weighted by atomic mass is 9.47. The molecule has 0 bridgehead atoms. The minimum Gasteiger partial charge on any atom is -0.458 e. The standard InChI is InChI=1S/C29H44N2O8/c1-18(2)20-12-29(17-32)27(3)7-6-19-21(14-37-26(19)35)22(27)15-38-28(29,4)25(20)39-24(34)16-36-23(33)13-31-10-8-30(5)9-11-31/h18,20,22,25,32H,6-17H2,1-5H3. The molecule has 2 aliphatic carbocycles. The second kappa shape index (κ2) is 10.4. The van der Waals surface area contributed by atoms with E-state index in [1.54, 1.807) is 0 Å². The van der Waals surface area contributed by atoms with E-state index in [4.69, 9.17) is 18.9 Å². The van der Waals surface area contributed by atoms with Crippen molar-refractivity contribution in [3.8, 4) is 0 Å². The summed E-state index contributed by atoms with van der Waals surface area (Å²) < 4.78 is 23.4. The Kier molecular flexibility index (Phi) is 7.63. The van der Waals surface area contributed by atoms with Crippen LogP contribution in [-0.4, -0.2) is 111 Å². The van der Waals surface area contributed by atoms with E-state index in [1.165, 1.54) is 0 Å². The molecule has 3 heterocycles. The molecule has 3 aliphatic heterocycles. The Morgan fingerprint density at radius 1 is 1.15 bits per heavy atom. The molecule has 0 aromatic rings. The molecular weight excluding hydrogens is 504 g/mol. The van der Waals surface area contributed by atoms with Crippen molar-refractivity contribution in [1.82, 2.24) is 9.80 Å². The lowest BCUT2D eigenvalue weighted by molar-refractivity contribution is -0.270. The average Bonchev–Trinajstić information content (AvgIpc) is 3.40. The fourth-order valence-corrected chi connectivity index (χ4v) is 8.23. The molecule has 0 aromatic heterocycles. The first-order valence-electron chi connectivity index (χ1n) is 14.4. The van der Waals surface area contributed by atoms with Crippen LogP contribution in [0, 0.1) is 28.6 Å². The van der Waals surface area contributed by atoms with E-state index < -0.39 is 35.7 Å². The van der Waals surface area contributed by atoms with Crippen LogP contribution in [0.1, 0.15) is 47.0 Å². The van der Waals surface area contributed by atoms with Gasteiger partial charge in [-0.3, -0.25) is 9.69 Å². The summed E-state index contributed by atoms with van der Waals surface area (Å²) in [5, 5.41) is 11.1. The summed E-state index contributed by atoms with van der Waals surface area (Å²) in [5.41, 5.74) is -0.242. The average molecular weight is 549 g/mol. The molecule has 6 atom stereocenters. The molecule has 3 fully saturated rings. The fraction of sp³-hybridized carbons (Fsp3) is 0.828. The van der Waals surface area contributed by atoms with Gasteiger partial charge in [0.2, 0.25) is 0 Å². The van der Waals surface area contributed by atoms with Crippen LogP contribution in [0.15, 0.2) is 11.1 Å². The van der Waals surface area contributed by atoms with Crippen LogP contribution in [0.5, 0.6) is 0 Å². The highest BCUT2D eigenvalue weighted by Crippen LogP contribution is 2.70. The zero-order valence-electron chi connectivity index (χ0n) is 24.0. The first kappa shape index (κ1) is 28.5. The number of cyclic esters (lactones) is 1. The highest BCUT2D eigenvalue weighted by Gasteiger charge is 2.74. The van der Waals surface area contributed by atoms with E-state index in [9.17, 15) is 19.5 Å². The quantitative estimate of drug-likeness (QED) is 0.370. The van der Waals surface area contributed by atoms with E-state index in [1.807, 2.05) is 11.8 Å². The minimum atomic E-state index is -0.942. The van der Waals surface area contributed by atoms with Crippen LogP contribution in [0.2, 0.25) is 0 Å². The van der Waals surface area contributed by atoms with Gasteiger partial charge in [-0.1, -0.05) is 20.8 Å². The molecule has 0 amide bonds. The van der Waals surface area contributed by atoms with Crippen LogP contribution < -0.4 is 0 Å². The van der Waals surface area contributed by atoms with Gasteiger partial charge in [-0.25, -0.2) is 9.59 Å². The topological polar surface area (TPSA) is 115 Å². The van der Waals surface area contributed by atoms with Crippen molar-refractivity contribution in [2.45, 2.75) is 58.7 Å². The summed E-state index contributed by atoms with van der Waals surface area (Å²) in [7, 11) is 2.05. The molecule has 5 rings (SSSR count). The Morgan fingerprint density at radius 3 is 2.54 bits per heavy atom. The van der Waals surface area contributed by atoms with Crippen molar-refractivity contribution in [2.75, 3.05) is 66.2 Å². The van der Waals surface area contributed by atoms with Gasteiger partial charge in [0.25, 0.3) is 0 Å². The molecule has 218 valence electrons. The highest BCUT2D eigenvalue weighted by molar-refractivity contribution is 5.92. The number of carbonyl (C=O) groups excluding carboxylic acids is 3. The maximum absolute atomic E-state index is 13.1. The summed E-state index contributed by atoms with van der Waals surface area (Å²) in [6, 6.07) is 0. The van der Waals surface area contributed by atoms with Gasteiger partial charge < -0.3 is 29.0 Å². The van der Waals surface area contributed by atoms with Gasteiger partial charge in [-0.15, -0.1) is 0 Å². The molecule has 10 heteroatoms. The summed E-state index contributed by atoms with van der Waals surface area (Å²) in [4.78, 5) is 42.0. The zero-order valence-corrected chi connectivity index (χ0v) is 24.0. The SMILES string of the molecule is CC(C)C1CC2(CO)C3(C)CCC4=C(COC4=O)C3COC2(C)C1OC(=O)COC(=O)CN1CCN(C)CC1. The van der Waals surface area contributed by atoms with Gasteiger partial charge in [0.05, 0.1) is 19.8 Å². The van der Waals surface area contributed by atoms with E-state index in [-0.39, 0.29) is 48.9 Å². The maximum atomic E-state index is 13.1. The number of nitrogens with zero attached hydrogens (tertiary/aromatic N) is 2. The van der Waals surface area contributed by atoms with Crippen LogP contribution >= 0.6 is 0 Å². The van der Waals surface area contributed by atoms with Crippen molar-refractivity contribution in [1.29, 1.82) is 0 Å². The third-order valence-electron chi connectivity index (χ3n) is 10.9. The molecule has 0 aromatic carbocycles. The van der Waals surface area contributed by atoms with E-state index in [0.29, 0.717) is 19.4 Å². The molecule has 2 saturated heterocycles. The van der Waals surface area contributed by atoms with Crippen LogP contribution in [0.3, 0.4) is 0 Å². The normalized spacial score (nSPS) is 38.7. The number of hydrogen-bond acceptors (Lipinski definition) is 10. The molecule has 1 N–H and O–H groups in total. The number of aliphatic hydroxyl groups is 1. The predicted octanol–water partition coefficient (Wildman–Crippen LogP) is 1.40. The number of ether oxygens (including phenoxy) is 4. The van der Waals surface area contributed by atoms with Gasteiger partial charge >= 0.3 is 17.9 Å². The number of aliphatic hydroxyl groups excluding tert-OH is 1. The van der Waals surface area contributed by atoms with Crippen LogP contribution in [0.25, 0.3) is 0 Å². The number of likely N-dealkylation sites (N-methyl/N-ethyl adjacent to an activating group) is 1. The predicted molar refractivity (Wildman–Crippen MR) is 140 cm³/mol. The fourth-order valence-electron chi connectivity index (χ4n) is 8.23. The highest BCUT2D eigenvalue weighted by atomic mass is 16.6. The maximum Gasteiger partial charge on any atom is 0.344 e. The number of fused-ring (bicyclic) bond motifs is 4. The van der Waals surface area contributed by atoms with Crippen molar-refractivity contribution >= 4 is 17.9 Å². The number of piperazine rings is 1. The molecule has 5 aliphatic rings. The van der Waals surface area contributed by atoms with Crippen molar-refractivity contribution in [3.05, 3.63) is 11.1 Å². The van der Waals surface area contributed by atoms with Gasteiger partial charge in [-0.2, -0.15) is 0 Å². The Hall–Kier alpha value is -2.01. The molecule has 10 nitrogen and oxygen atoms in total. The molecular formula is C29H44N2O8. The minimum absolute atomic E-state index is 0.0503. The van der Waals surface area contributed by atoms with Crippen molar-refractivity contribution in [2.24, 2.45) is 28.6 Å². The summed E-state index contributed by atoms with van der Waals surface area (Å²) in [6.07, 6.45) is 1.35. The number of esters is 3. The molecule has 0 spiro atoms. The Balaban J connectivity index is 1.32.